The van der Waals surface area contributed by atoms with Crippen molar-refractivity contribution in [1.29, 1.82) is 0 Å². The molecule has 2 saturated heterocycles. The van der Waals surface area contributed by atoms with E-state index in [1.54, 1.807) is 0 Å². The fourth-order valence-electron chi connectivity index (χ4n) is 2.24. The Morgan fingerprint density at radius 2 is 2.38 bits per heavy atom. The number of amides is 1. The van der Waals surface area contributed by atoms with Crippen LogP contribution in [0.25, 0.3) is 0 Å². The fourth-order valence-corrected chi connectivity index (χ4v) is 3.50. The first kappa shape index (κ1) is 12.2. The minimum atomic E-state index is -0.163. The molecule has 16 heavy (non-hydrogen) atoms. The summed E-state index contributed by atoms with van der Waals surface area (Å²) in [4.78, 5) is 14.2. The van der Waals surface area contributed by atoms with E-state index in [9.17, 15) is 4.79 Å². The van der Waals surface area contributed by atoms with Crippen LogP contribution in [0.15, 0.2) is 0 Å². The topological polar surface area (TPSA) is 41.6 Å². The van der Waals surface area contributed by atoms with Crippen LogP contribution in [0, 0.1) is 0 Å². The maximum absolute atomic E-state index is 12.3. The lowest BCUT2D eigenvalue weighted by molar-refractivity contribution is -0.139. The van der Waals surface area contributed by atoms with Crippen molar-refractivity contribution < 1.29 is 9.53 Å². The Bertz CT molecular complexity index is 256. The van der Waals surface area contributed by atoms with Gasteiger partial charge in [0.1, 0.15) is 6.04 Å². The highest BCUT2D eigenvalue weighted by molar-refractivity contribution is 7.99. The Balaban J connectivity index is 1.94. The van der Waals surface area contributed by atoms with Gasteiger partial charge in [0.25, 0.3) is 0 Å². The third-order valence-electron chi connectivity index (χ3n) is 3.38. The Kier molecular flexibility index (Phi) is 4.10. The monoisotopic (exact) mass is 244 g/mol. The van der Waals surface area contributed by atoms with Crippen LogP contribution >= 0.6 is 11.8 Å². The molecule has 1 N–H and O–H groups in total. The predicted molar refractivity (Wildman–Crippen MR) is 65.7 cm³/mol. The summed E-state index contributed by atoms with van der Waals surface area (Å²) in [6, 6.07) is 0.248. The molecule has 2 heterocycles. The molecule has 2 fully saturated rings. The van der Waals surface area contributed by atoms with Gasteiger partial charge in [0.15, 0.2) is 0 Å². The molecular weight excluding hydrogens is 224 g/mol. The quantitative estimate of drug-likeness (QED) is 0.760. The van der Waals surface area contributed by atoms with Crippen LogP contribution in [-0.4, -0.2) is 60.7 Å². The van der Waals surface area contributed by atoms with Crippen LogP contribution in [0.3, 0.4) is 0 Å². The number of rotatable bonds is 2. The normalized spacial score (nSPS) is 35.0. The number of hydrogen-bond acceptors (Lipinski definition) is 4. The molecule has 1 unspecified atom stereocenters. The van der Waals surface area contributed by atoms with E-state index in [1.807, 2.05) is 30.6 Å². The van der Waals surface area contributed by atoms with Crippen LogP contribution in [0.1, 0.15) is 13.3 Å². The van der Waals surface area contributed by atoms with Gasteiger partial charge in [0.2, 0.25) is 5.91 Å². The molecule has 5 heteroatoms. The van der Waals surface area contributed by atoms with Crippen LogP contribution in [0.5, 0.6) is 0 Å². The van der Waals surface area contributed by atoms with Crippen molar-refractivity contribution >= 4 is 17.7 Å². The van der Waals surface area contributed by atoms with Gasteiger partial charge in [-0.3, -0.25) is 4.79 Å². The number of morpholine rings is 1. The van der Waals surface area contributed by atoms with Gasteiger partial charge in [0, 0.05) is 25.4 Å². The molecule has 4 nitrogen and oxygen atoms in total. The van der Waals surface area contributed by atoms with Crippen LogP contribution in [0.4, 0.5) is 0 Å². The zero-order chi connectivity index (χ0) is 11.5. The van der Waals surface area contributed by atoms with Gasteiger partial charge < -0.3 is 15.0 Å². The van der Waals surface area contributed by atoms with Crippen molar-refractivity contribution in [3.8, 4) is 0 Å². The van der Waals surface area contributed by atoms with Gasteiger partial charge in [-0.2, -0.15) is 11.8 Å². The first-order valence-electron chi connectivity index (χ1n) is 5.89. The Hall–Kier alpha value is -0.260. The molecule has 0 aliphatic carbocycles. The summed E-state index contributed by atoms with van der Waals surface area (Å²) in [6.07, 6.45) is 1.10. The van der Waals surface area contributed by atoms with Gasteiger partial charge in [-0.15, -0.1) is 0 Å². The van der Waals surface area contributed by atoms with Crippen molar-refractivity contribution in [1.82, 2.24) is 10.2 Å². The summed E-state index contributed by atoms with van der Waals surface area (Å²) in [5, 5.41) is 3.25. The average Bonchev–Trinajstić information content (AvgIpc) is 2.81. The molecule has 1 amide bonds. The van der Waals surface area contributed by atoms with Gasteiger partial charge in [-0.05, 0) is 19.1 Å². The zero-order valence-corrected chi connectivity index (χ0v) is 10.8. The zero-order valence-electron chi connectivity index (χ0n) is 9.94. The largest absolute Gasteiger partial charge is 0.375 e. The third kappa shape index (κ3) is 2.52. The molecule has 0 aromatic rings. The van der Waals surface area contributed by atoms with E-state index in [0.717, 1.165) is 18.7 Å². The van der Waals surface area contributed by atoms with Crippen molar-refractivity contribution in [2.24, 2.45) is 0 Å². The first-order valence-corrected chi connectivity index (χ1v) is 7.05. The Labute approximate surface area is 101 Å². The molecule has 2 aliphatic heterocycles. The summed E-state index contributed by atoms with van der Waals surface area (Å²) in [5.41, 5.74) is 0. The van der Waals surface area contributed by atoms with E-state index >= 15 is 0 Å². The predicted octanol–water partition coefficient (Wildman–Crippen LogP) is 0.327. The molecule has 2 aliphatic rings. The second kappa shape index (κ2) is 5.38. The first-order chi connectivity index (χ1) is 7.70. The lowest BCUT2D eigenvalue weighted by Crippen LogP contribution is -2.57. The van der Waals surface area contributed by atoms with Crippen LogP contribution in [0.2, 0.25) is 0 Å². The molecule has 0 spiro atoms. The highest BCUT2D eigenvalue weighted by Gasteiger charge is 2.33. The number of thioether (sulfide) groups is 1. The summed E-state index contributed by atoms with van der Waals surface area (Å²) in [7, 11) is 1.92. The van der Waals surface area contributed by atoms with E-state index in [0.29, 0.717) is 12.6 Å². The van der Waals surface area contributed by atoms with E-state index < -0.39 is 0 Å². The molecule has 0 aromatic carbocycles. The third-order valence-corrected chi connectivity index (χ3v) is 4.53. The standard InChI is InChI=1S/C11H20N2O2S/c1-8-10(12-4-5-15-8)11(14)13(2)9-3-6-16-7-9/h8-10,12H,3-7H2,1-2H3/t8-,9?,10+/m1/s1. The van der Waals surface area contributed by atoms with Crippen molar-refractivity contribution in [2.45, 2.75) is 31.5 Å². The molecular formula is C11H20N2O2S. The second-order valence-electron chi connectivity index (χ2n) is 4.47. The minimum absolute atomic E-state index is 0.0160. The van der Waals surface area contributed by atoms with Gasteiger partial charge in [-0.1, -0.05) is 0 Å². The second-order valence-corrected chi connectivity index (χ2v) is 5.62. The Morgan fingerprint density at radius 3 is 3.00 bits per heavy atom. The number of hydrogen-bond donors (Lipinski definition) is 1. The molecule has 3 atom stereocenters. The maximum atomic E-state index is 12.3. The number of nitrogens with one attached hydrogen (secondary N) is 1. The lowest BCUT2D eigenvalue weighted by atomic mass is 10.1. The van der Waals surface area contributed by atoms with E-state index in [4.69, 9.17) is 4.74 Å². The van der Waals surface area contributed by atoms with Gasteiger partial charge in [0.05, 0.1) is 12.7 Å². The van der Waals surface area contributed by atoms with Crippen molar-refractivity contribution in [3.63, 3.8) is 0 Å². The summed E-state index contributed by atoms with van der Waals surface area (Å²) in [5.74, 6) is 2.43. The van der Waals surface area contributed by atoms with Gasteiger partial charge >= 0.3 is 0 Å². The van der Waals surface area contributed by atoms with Crippen LogP contribution in [-0.2, 0) is 9.53 Å². The maximum Gasteiger partial charge on any atom is 0.242 e. The smallest absolute Gasteiger partial charge is 0.242 e. The molecule has 0 radical (unpaired) electrons. The van der Waals surface area contributed by atoms with E-state index in [-0.39, 0.29) is 18.1 Å². The van der Waals surface area contributed by atoms with Crippen molar-refractivity contribution in [3.05, 3.63) is 0 Å². The minimum Gasteiger partial charge on any atom is -0.375 e. The molecule has 0 saturated carbocycles. The van der Waals surface area contributed by atoms with E-state index in [2.05, 4.69) is 5.32 Å². The number of nitrogens with zero attached hydrogens (tertiary/aromatic N) is 1. The number of ether oxygens (including phenoxy) is 1. The summed E-state index contributed by atoms with van der Waals surface area (Å²) >= 11 is 1.93. The van der Waals surface area contributed by atoms with Crippen LogP contribution < -0.4 is 5.32 Å². The number of likely N-dealkylation sites (N-methyl/N-ethyl adjacent to an activating group) is 1. The fraction of sp³-hybridized carbons (Fsp3) is 0.909. The molecule has 92 valence electrons. The number of carbonyl (C=O) groups excluding carboxylic acids is 1. The highest BCUT2D eigenvalue weighted by atomic mass is 32.2. The number of carbonyl (C=O) groups is 1. The summed E-state index contributed by atoms with van der Waals surface area (Å²) < 4.78 is 5.51. The highest BCUT2D eigenvalue weighted by Crippen LogP contribution is 2.22. The average molecular weight is 244 g/mol. The SMILES string of the molecule is C[C@H]1OCCN[C@@H]1C(=O)N(C)C1CCSC1. The van der Waals surface area contributed by atoms with Gasteiger partial charge in [-0.25, -0.2) is 0 Å². The Morgan fingerprint density at radius 1 is 1.56 bits per heavy atom. The summed E-state index contributed by atoms with van der Waals surface area (Å²) in [6.45, 7) is 3.44. The lowest BCUT2D eigenvalue weighted by Gasteiger charge is -2.34. The van der Waals surface area contributed by atoms with E-state index in [1.165, 1.54) is 5.75 Å². The molecule has 0 bridgehead atoms. The van der Waals surface area contributed by atoms with Crippen molar-refractivity contribution in [2.75, 3.05) is 31.7 Å². The molecule has 0 aromatic heterocycles. The molecule has 2 rings (SSSR count).